The van der Waals surface area contributed by atoms with E-state index in [1.807, 2.05) is 0 Å². The van der Waals surface area contributed by atoms with E-state index in [1.165, 1.54) is 6.07 Å². The summed E-state index contributed by atoms with van der Waals surface area (Å²) < 4.78 is 50.2. The molecule has 0 heterocycles. The standard InChI is InChI=1S/C10H9ClF4/c1-5(2)6-3-7(10(13,14)15)9(12)8(11)4-6/h3-5H,1-2H3. The summed E-state index contributed by atoms with van der Waals surface area (Å²) in [7, 11) is 0. The van der Waals surface area contributed by atoms with Crippen molar-refractivity contribution in [2.24, 2.45) is 0 Å². The average molecular weight is 241 g/mol. The Morgan fingerprint density at radius 2 is 1.73 bits per heavy atom. The lowest BCUT2D eigenvalue weighted by Crippen LogP contribution is -2.09. The first-order valence-corrected chi connectivity index (χ1v) is 4.67. The van der Waals surface area contributed by atoms with Crippen molar-refractivity contribution in [3.8, 4) is 0 Å². The van der Waals surface area contributed by atoms with E-state index in [2.05, 4.69) is 0 Å². The zero-order valence-corrected chi connectivity index (χ0v) is 8.88. The van der Waals surface area contributed by atoms with E-state index < -0.39 is 22.6 Å². The number of benzene rings is 1. The van der Waals surface area contributed by atoms with Crippen LogP contribution in [-0.2, 0) is 6.18 Å². The first-order chi connectivity index (χ1) is 6.73. The minimum Gasteiger partial charge on any atom is -0.205 e. The van der Waals surface area contributed by atoms with Crippen LogP contribution in [0.25, 0.3) is 0 Å². The molecular weight excluding hydrogens is 232 g/mol. The van der Waals surface area contributed by atoms with E-state index in [9.17, 15) is 17.6 Å². The molecule has 0 nitrogen and oxygen atoms in total. The maximum atomic E-state index is 13.1. The Labute approximate surface area is 89.9 Å². The molecule has 84 valence electrons. The fourth-order valence-corrected chi connectivity index (χ4v) is 1.38. The highest BCUT2D eigenvalue weighted by molar-refractivity contribution is 6.30. The summed E-state index contributed by atoms with van der Waals surface area (Å²) in [5.74, 6) is -1.54. The Morgan fingerprint density at radius 3 is 2.13 bits per heavy atom. The molecule has 0 aliphatic rings. The lowest BCUT2D eigenvalue weighted by atomic mass is 10.0. The van der Waals surface area contributed by atoms with Gasteiger partial charge in [0.05, 0.1) is 10.6 Å². The first-order valence-electron chi connectivity index (χ1n) is 4.29. The minimum absolute atomic E-state index is 0.135. The van der Waals surface area contributed by atoms with Gasteiger partial charge in [-0.25, -0.2) is 4.39 Å². The molecule has 0 aliphatic carbocycles. The van der Waals surface area contributed by atoms with Crippen molar-refractivity contribution in [2.75, 3.05) is 0 Å². The van der Waals surface area contributed by atoms with E-state index in [0.717, 1.165) is 6.07 Å². The summed E-state index contributed by atoms with van der Waals surface area (Å²) in [5.41, 5.74) is -0.938. The van der Waals surface area contributed by atoms with E-state index in [-0.39, 0.29) is 5.92 Å². The third-order valence-corrected chi connectivity index (χ3v) is 2.30. The Hall–Kier alpha value is -0.770. The van der Waals surface area contributed by atoms with Crippen LogP contribution in [-0.4, -0.2) is 0 Å². The minimum atomic E-state index is -4.71. The van der Waals surface area contributed by atoms with E-state index in [4.69, 9.17) is 11.6 Å². The maximum absolute atomic E-state index is 13.1. The summed E-state index contributed by atoms with van der Waals surface area (Å²) in [4.78, 5) is 0. The van der Waals surface area contributed by atoms with Gasteiger partial charge in [0.15, 0.2) is 5.82 Å². The van der Waals surface area contributed by atoms with Crippen molar-refractivity contribution in [1.29, 1.82) is 0 Å². The molecule has 0 N–H and O–H groups in total. The molecule has 0 aromatic heterocycles. The molecule has 5 heteroatoms. The number of rotatable bonds is 1. The molecule has 15 heavy (non-hydrogen) atoms. The molecular formula is C10H9ClF4. The lowest BCUT2D eigenvalue weighted by Gasteiger charge is -2.13. The van der Waals surface area contributed by atoms with Crippen LogP contribution in [0.1, 0.15) is 30.9 Å². The van der Waals surface area contributed by atoms with Crippen molar-refractivity contribution >= 4 is 11.6 Å². The van der Waals surface area contributed by atoms with Gasteiger partial charge in [0.2, 0.25) is 0 Å². The number of hydrogen-bond acceptors (Lipinski definition) is 0. The quantitative estimate of drug-likeness (QED) is 0.628. The molecule has 0 atom stereocenters. The third-order valence-electron chi connectivity index (χ3n) is 2.02. The van der Waals surface area contributed by atoms with Gasteiger partial charge in [0.25, 0.3) is 0 Å². The summed E-state index contributed by atoms with van der Waals surface area (Å²) in [5, 5.41) is -0.492. The zero-order chi connectivity index (χ0) is 11.8. The molecule has 0 bridgehead atoms. The highest BCUT2D eigenvalue weighted by Gasteiger charge is 2.35. The average Bonchev–Trinajstić information content (AvgIpc) is 2.06. The Bertz CT molecular complexity index is 368. The van der Waals surface area contributed by atoms with Crippen molar-refractivity contribution in [1.82, 2.24) is 0 Å². The SMILES string of the molecule is CC(C)c1cc(Cl)c(F)c(C(F)(F)F)c1. The van der Waals surface area contributed by atoms with Crippen molar-refractivity contribution in [3.05, 3.63) is 34.1 Å². The highest BCUT2D eigenvalue weighted by atomic mass is 35.5. The van der Waals surface area contributed by atoms with Crippen LogP contribution in [0.5, 0.6) is 0 Å². The van der Waals surface area contributed by atoms with Gasteiger partial charge < -0.3 is 0 Å². The monoisotopic (exact) mass is 240 g/mol. The Morgan fingerprint density at radius 1 is 1.20 bits per heavy atom. The van der Waals surface area contributed by atoms with Crippen LogP contribution in [0.2, 0.25) is 5.02 Å². The Kier molecular flexibility index (Phi) is 3.28. The van der Waals surface area contributed by atoms with Gasteiger partial charge in [0.1, 0.15) is 0 Å². The molecule has 0 spiro atoms. The first kappa shape index (κ1) is 12.3. The van der Waals surface area contributed by atoms with Gasteiger partial charge in [-0.15, -0.1) is 0 Å². The molecule has 0 radical (unpaired) electrons. The molecule has 1 aromatic rings. The topological polar surface area (TPSA) is 0 Å². The smallest absolute Gasteiger partial charge is 0.205 e. The van der Waals surface area contributed by atoms with Gasteiger partial charge in [0, 0.05) is 0 Å². The highest BCUT2D eigenvalue weighted by Crippen LogP contribution is 2.36. The van der Waals surface area contributed by atoms with E-state index in [0.29, 0.717) is 5.56 Å². The lowest BCUT2D eigenvalue weighted by molar-refractivity contribution is -0.140. The number of halogens is 5. The number of alkyl halides is 3. The van der Waals surface area contributed by atoms with Gasteiger partial charge in [-0.1, -0.05) is 25.4 Å². The predicted molar refractivity (Wildman–Crippen MR) is 50.5 cm³/mol. The normalized spacial score (nSPS) is 12.3. The van der Waals surface area contributed by atoms with E-state index >= 15 is 0 Å². The summed E-state index contributed by atoms with van der Waals surface area (Å²) in [6, 6.07) is 2.02. The summed E-state index contributed by atoms with van der Waals surface area (Å²) in [6.45, 7) is 3.42. The molecule has 1 rings (SSSR count). The number of hydrogen-bond donors (Lipinski definition) is 0. The molecule has 0 unspecified atom stereocenters. The Balaban J connectivity index is 3.38. The van der Waals surface area contributed by atoms with Crippen LogP contribution in [0.4, 0.5) is 17.6 Å². The van der Waals surface area contributed by atoms with Gasteiger partial charge >= 0.3 is 6.18 Å². The summed E-state index contributed by atoms with van der Waals surface area (Å²) in [6.07, 6.45) is -4.71. The van der Waals surface area contributed by atoms with Gasteiger partial charge in [-0.2, -0.15) is 13.2 Å². The molecule has 0 saturated heterocycles. The maximum Gasteiger partial charge on any atom is 0.419 e. The van der Waals surface area contributed by atoms with Crippen molar-refractivity contribution in [3.63, 3.8) is 0 Å². The molecule has 0 fully saturated rings. The van der Waals surface area contributed by atoms with Crippen molar-refractivity contribution < 1.29 is 17.6 Å². The predicted octanol–water partition coefficient (Wildman–Crippen LogP) is 4.62. The van der Waals surface area contributed by atoms with Gasteiger partial charge in [-0.05, 0) is 23.6 Å². The van der Waals surface area contributed by atoms with Crippen molar-refractivity contribution in [2.45, 2.75) is 25.9 Å². The van der Waals surface area contributed by atoms with Crippen LogP contribution < -0.4 is 0 Å². The van der Waals surface area contributed by atoms with Crippen LogP contribution >= 0.6 is 11.6 Å². The second-order valence-corrected chi connectivity index (χ2v) is 3.92. The fourth-order valence-electron chi connectivity index (χ4n) is 1.15. The third kappa shape index (κ3) is 2.62. The zero-order valence-electron chi connectivity index (χ0n) is 8.12. The van der Waals surface area contributed by atoms with Crippen LogP contribution in [0.3, 0.4) is 0 Å². The van der Waals surface area contributed by atoms with Crippen LogP contribution in [0.15, 0.2) is 12.1 Å². The van der Waals surface area contributed by atoms with E-state index in [1.54, 1.807) is 13.8 Å². The molecule has 0 amide bonds. The molecule has 0 saturated carbocycles. The largest absolute Gasteiger partial charge is 0.419 e. The second kappa shape index (κ2) is 4.00. The second-order valence-electron chi connectivity index (χ2n) is 3.52. The molecule has 0 aliphatic heterocycles. The van der Waals surface area contributed by atoms with Gasteiger partial charge in [-0.3, -0.25) is 0 Å². The summed E-state index contributed by atoms with van der Waals surface area (Å²) >= 11 is 5.39. The fraction of sp³-hybridized carbons (Fsp3) is 0.400. The molecule has 1 aromatic carbocycles. The van der Waals surface area contributed by atoms with Crippen LogP contribution in [0, 0.1) is 5.82 Å².